The van der Waals surface area contributed by atoms with Gasteiger partial charge in [0.25, 0.3) is 0 Å². The third-order valence-electron chi connectivity index (χ3n) is 4.40. The van der Waals surface area contributed by atoms with Crippen LogP contribution in [0.25, 0.3) is 0 Å². The average Bonchev–Trinajstić information content (AvgIpc) is 3.17. The van der Waals surface area contributed by atoms with Gasteiger partial charge in [-0.1, -0.05) is 18.2 Å². The molecule has 22 heavy (non-hydrogen) atoms. The zero-order chi connectivity index (χ0) is 13.8. The molecule has 0 aromatic heterocycles. The van der Waals surface area contributed by atoms with Crippen LogP contribution < -0.4 is 15.5 Å². The first-order valence-electron chi connectivity index (χ1n) is 7.61. The summed E-state index contributed by atoms with van der Waals surface area (Å²) in [6.07, 6.45) is 2.14. The smallest absolute Gasteiger partial charge is 0.224 e. The summed E-state index contributed by atoms with van der Waals surface area (Å²) in [4.78, 5) is 14.4. The maximum atomic E-state index is 12.0. The molecule has 4 nitrogen and oxygen atoms in total. The largest absolute Gasteiger partial charge is 0.371 e. The van der Waals surface area contributed by atoms with Gasteiger partial charge in [-0.25, -0.2) is 0 Å². The SMILES string of the molecule is Cl.Cl.O=C(NCC1CCN(c2ccccc2)C1)C1CCNC1. The number of benzene rings is 1. The summed E-state index contributed by atoms with van der Waals surface area (Å²) >= 11 is 0. The topological polar surface area (TPSA) is 44.4 Å². The Hall–Kier alpha value is -0.970. The molecule has 2 fully saturated rings. The lowest BCUT2D eigenvalue weighted by Gasteiger charge is -2.19. The van der Waals surface area contributed by atoms with Gasteiger partial charge in [0, 0.05) is 31.9 Å². The summed E-state index contributed by atoms with van der Waals surface area (Å²) in [7, 11) is 0. The van der Waals surface area contributed by atoms with E-state index in [1.807, 2.05) is 6.07 Å². The molecule has 1 aromatic carbocycles. The molecular formula is C16H25Cl2N3O. The first-order valence-corrected chi connectivity index (χ1v) is 7.61. The van der Waals surface area contributed by atoms with Gasteiger partial charge in [-0.15, -0.1) is 24.8 Å². The van der Waals surface area contributed by atoms with Crippen molar-refractivity contribution < 1.29 is 4.79 Å². The molecule has 2 saturated heterocycles. The summed E-state index contributed by atoms with van der Waals surface area (Å²) < 4.78 is 0. The highest BCUT2D eigenvalue weighted by molar-refractivity contribution is 5.85. The molecule has 2 aliphatic heterocycles. The minimum Gasteiger partial charge on any atom is -0.371 e. The second-order valence-electron chi connectivity index (χ2n) is 5.87. The van der Waals surface area contributed by atoms with Crippen molar-refractivity contribution >= 4 is 36.4 Å². The Kier molecular flexibility index (Phi) is 8.01. The lowest BCUT2D eigenvalue weighted by Crippen LogP contribution is -2.36. The Morgan fingerprint density at radius 3 is 2.68 bits per heavy atom. The van der Waals surface area contributed by atoms with Crippen LogP contribution in [0, 0.1) is 11.8 Å². The lowest BCUT2D eigenvalue weighted by atomic mass is 10.1. The fraction of sp³-hybridized carbons (Fsp3) is 0.562. The van der Waals surface area contributed by atoms with Gasteiger partial charge in [0.05, 0.1) is 5.92 Å². The molecule has 2 aliphatic rings. The molecule has 0 bridgehead atoms. The van der Waals surface area contributed by atoms with Crippen LogP contribution in [-0.4, -0.2) is 38.6 Å². The van der Waals surface area contributed by atoms with Crippen LogP contribution in [0.1, 0.15) is 12.8 Å². The van der Waals surface area contributed by atoms with E-state index < -0.39 is 0 Å². The molecule has 6 heteroatoms. The van der Waals surface area contributed by atoms with Crippen molar-refractivity contribution in [3.8, 4) is 0 Å². The molecule has 0 aliphatic carbocycles. The number of hydrogen-bond donors (Lipinski definition) is 2. The quantitative estimate of drug-likeness (QED) is 0.878. The zero-order valence-electron chi connectivity index (χ0n) is 12.7. The van der Waals surface area contributed by atoms with E-state index in [1.54, 1.807) is 0 Å². The van der Waals surface area contributed by atoms with Crippen LogP contribution in [0.2, 0.25) is 0 Å². The van der Waals surface area contributed by atoms with E-state index in [-0.39, 0.29) is 36.6 Å². The van der Waals surface area contributed by atoms with Crippen LogP contribution in [-0.2, 0) is 4.79 Å². The van der Waals surface area contributed by atoms with Crippen molar-refractivity contribution in [3.05, 3.63) is 30.3 Å². The lowest BCUT2D eigenvalue weighted by molar-refractivity contribution is -0.124. The average molecular weight is 346 g/mol. The first-order chi connectivity index (χ1) is 9.83. The van der Waals surface area contributed by atoms with E-state index in [9.17, 15) is 4.79 Å². The number of amides is 1. The molecule has 3 rings (SSSR count). The molecule has 124 valence electrons. The van der Waals surface area contributed by atoms with Crippen LogP contribution in [0.15, 0.2) is 30.3 Å². The number of para-hydroxylation sites is 1. The Labute approximate surface area is 144 Å². The number of anilines is 1. The van der Waals surface area contributed by atoms with Crippen LogP contribution in [0.4, 0.5) is 5.69 Å². The fourth-order valence-corrected chi connectivity index (χ4v) is 3.14. The summed E-state index contributed by atoms with van der Waals surface area (Å²) in [6, 6.07) is 10.5. The Bertz CT molecular complexity index is 452. The van der Waals surface area contributed by atoms with Crippen molar-refractivity contribution in [2.75, 3.05) is 37.6 Å². The predicted octanol–water partition coefficient (Wildman–Crippen LogP) is 2.08. The second-order valence-corrected chi connectivity index (χ2v) is 5.87. The van der Waals surface area contributed by atoms with Crippen LogP contribution in [0.5, 0.6) is 0 Å². The molecule has 2 atom stereocenters. The Morgan fingerprint density at radius 1 is 1.23 bits per heavy atom. The van der Waals surface area contributed by atoms with E-state index in [0.717, 1.165) is 45.6 Å². The summed E-state index contributed by atoms with van der Waals surface area (Å²) in [6.45, 7) is 4.78. The predicted molar refractivity (Wildman–Crippen MR) is 95.2 cm³/mol. The number of rotatable bonds is 4. The van der Waals surface area contributed by atoms with Crippen molar-refractivity contribution in [1.82, 2.24) is 10.6 Å². The highest BCUT2D eigenvalue weighted by Crippen LogP contribution is 2.23. The Morgan fingerprint density at radius 2 is 2.00 bits per heavy atom. The number of halogens is 2. The van der Waals surface area contributed by atoms with Gasteiger partial charge in [0.2, 0.25) is 5.91 Å². The molecule has 2 heterocycles. The van der Waals surface area contributed by atoms with E-state index in [1.165, 1.54) is 5.69 Å². The number of carbonyl (C=O) groups is 1. The number of nitrogens with one attached hydrogen (secondary N) is 2. The monoisotopic (exact) mass is 345 g/mol. The zero-order valence-corrected chi connectivity index (χ0v) is 14.3. The van der Waals surface area contributed by atoms with E-state index in [2.05, 4.69) is 39.8 Å². The minimum absolute atomic E-state index is 0. The summed E-state index contributed by atoms with van der Waals surface area (Å²) in [5, 5.41) is 6.37. The van der Waals surface area contributed by atoms with Crippen molar-refractivity contribution in [2.24, 2.45) is 11.8 Å². The molecule has 1 amide bonds. The second kappa shape index (κ2) is 9.23. The molecule has 1 aromatic rings. The van der Waals surface area contributed by atoms with Crippen LogP contribution in [0.3, 0.4) is 0 Å². The van der Waals surface area contributed by atoms with Gasteiger partial charge in [-0.05, 0) is 37.4 Å². The number of carbonyl (C=O) groups excluding carboxylic acids is 1. The normalized spacial score (nSPS) is 23.5. The van der Waals surface area contributed by atoms with Crippen molar-refractivity contribution in [3.63, 3.8) is 0 Å². The summed E-state index contributed by atoms with van der Waals surface area (Å²) in [5.74, 6) is 0.989. The standard InChI is InChI=1S/C16H23N3O.2ClH/c20-16(14-6-8-17-11-14)18-10-13-7-9-19(12-13)15-4-2-1-3-5-15;;/h1-5,13-14,17H,6-12H2,(H,18,20);2*1H. The molecular weight excluding hydrogens is 321 g/mol. The highest BCUT2D eigenvalue weighted by Gasteiger charge is 2.26. The van der Waals surface area contributed by atoms with Gasteiger partial charge < -0.3 is 15.5 Å². The molecule has 2 unspecified atom stereocenters. The van der Waals surface area contributed by atoms with Gasteiger partial charge in [-0.2, -0.15) is 0 Å². The minimum atomic E-state index is 0. The molecule has 0 saturated carbocycles. The first kappa shape index (κ1) is 19.1. The number of hydrogen-bond acceptors (Lipinski definition) is 3. The van der Waals surface area contributed by atoms with E-state index >= 15 is 0 Å². The van der Waals surface area contributed by atoms with Crippen molar-refractivity contribution in [2.45, 2.75) is 12.8 Å². The van der Waals surface area contributed by atoms with Crippen LogP contribution >= 0.6 is 24.8 Å². The summed E-state index contributed by atoms with van der Waals surface area (Å²) in [5.41, 5.74) is 1.29. The van der Waals surface area contributed by atoms with Crippen molar-refractivity contribution in [1.29, 1.82) is 0 Å². The van der Waals surface area contributed by atoms with Gasteiger partial charge in [-0.3, -0.25) is 4.79 Å². The van der Waals surface area contributed by atoms with Gasteiger partial charge in [0.15, 0.2) is 0 Å². The molecule has 0 spiro atoms. The third-order valence-corrected chi connectivity index (χ3v) is 4.40. The van der Waals surface area contributed by atoms with Gasteiger partial charge in [0.1, 0.15) is 0 Å². The molecule has 0 radical (unpaired) electrons. The molecule has 2 N–H and O–H groups in total. The maximum Gasteiger partial charge on any atom is 0.224 e. The third kappa shape index (κ3) is 4.77. The Balaban J connectivity index is 0.00000121. The van der Waals surface area contributed by atoms with E-state index in [4.69, 9.17) is 0 Å². The van der Waals surface area contributed by atoms with E-state index in [0.29, 0.717) is 5.92 Å². The van der Waals surface area contributed by atoms with Gasteiger partial charge >= 0.3 is 0 Å². The highest BCUT2D eigenvalue weighted by atomic mass is 35.5. The number of nitrogens with zero attached hydrogens (tertiary/aromatic N) is 1. The fourth-order valence-electron chi connectivity index (χ4n) is 3.14. The maximum absolute atomic E-state index is 12.0.